The van der Waals surface area contributed by atoms with Crippen LogP contribution in [0, 0.1) is 0 Å². The highest BCUT2D eigenvalue weighted by Gasteiger charge is 2.28. The molecule has 0 spiro atoms. The summed E-state index contributed by atoms with van der Waals surface area (Å²) in [6.07, 6.45) is 3.07. The fraction of sp³-hybridized carbons (Fsp3) is 0.200. The number of aliphatic carboxylic acids is 1. The van der Waals surface area contributed by atoms with Gasteiger partial charge in [-0.05, 0) is 47.5 Å². The summed E-state index contributed by atoms with van der Waals surface area (Å²) in [5, 5.41) is 10.3. The number of anilines is 1. The summed E-state index contributed by atoms with van der Waals surface area (Å²) in [6, 6.07) is 15.6. The molecule has 1 unspecified atom stereocenters. The van der Waals surface area contributed by atoms with E-state index in [1.807, 2.05) is 37.4 Å². The summed E-state index contributed by atoms with van der Waals surface area (Å²) in [6.45, 7) is 0.991. The van der Waals surface area contributed by atoms with Gasteiger partial charge < -0.3 is 24.9 Å². The number of pyridine rings is 1. The molecule has 162 valence electrons. The molecule has 3 N–H and O–H groups in total. The van der Waals surface area contributed by atoms with E-state index in [-0.39, 0.29) is 12.5 Å². The Balaban J connectivity index is 1.60. The van der Waals surface area contributed by atoms with Crippen molar-refractivity contribution in [2.75, 3.05) is 18.5 Å². The number of carboxylic acids is 1. The molecule has 4 aromatic rings. The summed E-state index contributed by atoms with van der Waals surface area (Å²) in [5.74, 6) is -0.265. The van der Waals surface area contributed by atoms with Gasteiger partial charge in [-0.1, -0.05) is 12.1 Å². The quantitative estimate of drug-likeness (QED) is 0.491. The third kappa shape index (κ3) is 3.56. The number of aromatic nitrogens is 1. The number of fused-ring (bicyclic) bond motifs is 2. The van der Waals surface area contributed by atoms with Crippen LogP contribution in [0.3, 0.4) is 0 Å². The number of para-hydroxylation sites is 1. The maximum atomic E-state index is 11.4. The molecule has 3 heterocycles. The molecule has 7 heteroatoms. The van der Waals surface area contributed by atoms with Crippen molar-refractivity contribution in [2.45, 2.75) is 19.1 Å². The van der Waals surface area contributed by atoms with Crippen LogP contribution in [-0.4, -0.2) is 29.7 Å². The zero-order valence-electron chi connectivity index (χ0n) is 17.6. The zero-order valence-corrected chi connectivity index (χ0v) is 17.6. The van der Waals surface area contributed by atoms with Gasteiger partial charge in [0.05, 0.1) is 30.6 Å². The first kappa shape index (κ1) is 20.1. The molecule has 0 radical (unpaired) electrons. The summed E-state index contributed by atoms with van der Waals surface area (Å²) < 4.78 is 12.2. The number of hydrogen-bond acceptors (Lipinski definition) is 6. The summed E-state index contributed by atoms with van der Waals surface area (Å²) >= 11 is 0. The SMILES string of the molecule is CN1CC(c2cc(-c3ccnc(CN)c3)c3occc3c2)Oc2c(CC(=O)O)cccc21. The van der Waals surface area contributed by atoms with Crippen molar-refractivity contribution >= 4 is 22.6 Å². The molecule has 32 heavy (non-hydrogen) atoms. The molecule has 5 rings (SSSR count). The lowest BCUT2D eigenvalue weighted by atomic mass is 9.96. The van der Waals surface area contributed by atoms with Crippen molar-refractivity contribution in [1.82, 2.24) is 4.98 Å². The number of carboxylic acid groups (broad SMARTS) is 1. The number of carbonyl (C=O) groups is 1. The lowest BCUT2D eigenvalue weighted by molar-refractivity contribution is -0.136. The Labute approximate surface area is 185 Å². The fourth-order valence-electron chi connectivity index (χ4n) is 4.27. The van der Waals surface area contributed by atoms with E-state index in [9.17, 15) is 9.90 Å². The minimum atomic E-state index is -0.887. The highest BCUT2D eigenvalue weighted by molar-refractivity contribution is 5.93. The van der Waals surface area contributed by atoms with Gasteiger partial charge in [0.1, 0.15) is 17.4 Å². The van der Waals surface area contributed by atoms with Crippen molar-refractivity contribution in [3.63, 3.8) is 0 Å². The van der Waals surface area contributed by atoms with Crippen LogP contribution in [0.2, 0.25) is 0 Å². The third-order valence-corrected chi connectivity index (χ3v) is 5.81. The second kappa shape index (κ2) is 8.01. The second-order valence-corrected chi connectivity index (χ2v) is 7.97. The molecular formula is C25H23N3O4. The van der Waals surface area contributed by atoms with Crippen LogP contribution < -0.4 is 15.4 Å². The van der Waals surface area contributed by atoms with E-state index in [0.29, 0.717) is 24.4 Å². The van der Waals surface area contributed by atoms with Crippen molar-refractivity contribution in [1.29, 1.82) is 0 Å². The van der Waals surface area contributed by atoms with Gasteiger partial charge in [-0.2, -0.15) is 0 Å². The van der Waals surface area contributed by atoms with E-state index >= 15 is 0 Å². The average molecular weight is 429 g/mol. The summed E-state index contributed by atoms with van der Waals surface area (Å²) in [4.78, 5) is 17.8. The summed E-state index contributed by atoms with van der Waals surface area (Å²) in [5.41, 5.74) is 11.8. The number of rotatable bonds is 5. The van der Waals surface area contributed by atoms with Crippen LogP contribution in [0.5, 0.6) is 5.75 Å². The van der Waals surface area contributed by atoms with Crippen LogP contribution in [0.25, 0.3) is 22.1 Å². The van der Waals surface area contributed by atoms with Gasteiger partial charge in [-0.3, -0.25) is 9.78 Å². The van der Waals surface area contributed by atoms with Crippen molar-refractivity contribution in [3.05, 3.63) is 77.8 Å². The van der Waals surface area contributed by atoms with Gasteiger partial charge in [0.15, 0.2) is 0 Å². The predicted molar refractivity (Wildman–Crippen MR) is 122 cm³/mol. The Bertz CT molecular complexity index is 1310. The summed E-state index contributed by atoms with van der Waals surface area (Å²) in [7, 11) is 1.99. The lowest BCUT2D eigenvalue weighted by Crippen LogP contribution is -2.32. The first-order valence-corrected chi connectivity index (χ1v) is 10.4. The molecule has 0 fully saturated rings. The number of nitrogens with zero attached hydrogens (tertiary/aromatic N) is 2. The molecule has 0 saturated heterocycles. The maximum Gasteiger partial charge on any atom is 0.307 e. The molecule has 2 aromatic heterocycles. The Hall–Kier alpha value is -3.84. The Morgan fingerprint density at radius 2 is 2.12 bits per heavy atom. The second-order valence-electron chi connectivity index (χ2n) is 7.97. The molecule has 0 saturated carbocycles. The van der Waals surface area contributed by atoms with Gasteiger partial charge in [0.25, 0.3) is 0 Å². The smallest absolute Gasteiger partial charge is 0.307 e. The first-order chi connectivity index (χ1) is 15.5. The minimum Gasteiger partial charge on any atom is -0.481 e. The molecule has 7 nitrogen and oxygen atoms in total. The van der Waals surface area contributed by atoms with Gasteiger partial charge in [-0.15, -0.1) is 0 Å². The van der Waals surface area contributed by atoms with Crippen molar-refractivity contribution in [3.8, 4) is 16.9 Å². The highest BCUT2D eigenvalue weighted by Crippen LogP contribution is 2.42. The largest absolute Gasteiger partial charge is 0.481 e. The van der Waals surface area contributed by atoms with Crippen LogP contribution >= 0.6 is 0 Å². The number of nitrogens with two attached hydrogens (primary N) is 1. The molecular weight excluding hydrogens is 406 g/mol. The Kier molecular flexibility index (Phi) is 5.03. The number of benzene rings is 2. The monoisotopic (exact) mass is 429 g/mol. The number of hydrogen-bond donors (Lipinski definition) is 2. The van der Waals surface area contributed by atoms with Gasteiger partial charge in [-0.25, -0.2) is 0 Å². The van der Waals surface area contributed by atoms with Crippen LogP contribution in [0.4, 0.5) is 5.69 Å². The maximum absolute atomic E-state index is 11.4. The molecule has 0 aliphatic carbocycles. The molecule has 0 bridgehead atoms. The Morgan fingerprint density at radius 1 is 1.25 bits per heavy atom. The van der Waals surface area contributed by atoms with E-state index in [1.54, 1.807) is 18.5 Å². The molecule has 0 amide bonds. The number of likely N-dealkylation sites (N-methyl/N-ethyl adjacent to an activating group) is 1. The standard InChI is InChI=1S/C25H23N3O4/c1-28-14-22(32-25-16(12-23(29)30)3-2-4-21(25)28)18-9-17-6-8-31-24(17)20(11-18)15-5-7-27-19(10-15)13-26/h2-11,22H,12-14,26H2,1H3,(H,29,30). The molecule has 2 aromatic carbocycles. The topological polar surface area (TPSA) is 102 Å². The van der Waals surface area contributed by atoms with E-state index in [1.165, 1.54) is 0 Å². The molecule has 1 atom stereocenters. The number of ether oxygens (including phenoxy) is 1. The van der Waals surface area contributed by atoms with Gasteiger partial charge >= 0.3 is 5.97 Å². The van der Waals surface area contributed by atoms with Crippen LogP contribution in [-0.2, 0) is 17.8 Å². The van der Waals surface area contributed by atoms with Crippen molar-refractivity contribution < 1.29 is 19.1 Å². The van der Waals surface area contributed by atoms with E-state index in [4.69, 9.17) is 14.9 Å². The van der Waals surface area contributed by atoms with E-state index in [0.717, 1.165) is 39.0 Å². The average Bonchev–Trinajstić information content (AvgIpc) is 3.27. The predicted octanol–water partition coefficient (Wildman–Crippen LogP) is 4.15. The van der Waals surface area contributed by atoms with Crippen LogP contribution in [0.15, 0.2) is 65.4 Å². The van der Waals surface area contributed by atoms with E-state index < -0.39 is 5.97 Å². The number of furan rings is 1. The minimum absolute atomic E-state index is 0.0887. The molecule has 1 aliphatic rings. The zero-order chi connectivity index (χ0) is 22.2. The molecule has 1 aliphatic heterocycles. The van der Waals surface area contributed by atoms with E-state index in [2.05, 4.69) is 22.0 Å². The first-order valence-electron chi connectivity index (χ1n) is 10.4. The van der Waals surface area contributed by atoms with Crippen molar-refractivity contribution in [2.24, 2.45) is 5.73 Å². The highest BCUT2D eigenvalue weighted by atomic mass is 16.5. The normalized spacial score (nSPS) is 15.4. The van der Waals surface area contributed by atoms with Gasteiger partial charge in [0.2, 0.25) is 0 Å². The lowest BCUT2D eigenvalue weighted by Gasteiger charge is -2.35. The Morgan fingerprint density at radius 3 is 2.94 bits per heavy atom. The third-order valence-electron chi connectivity index (χ3n) is 5.81. The fourth-order valence-corrected chi connectivity index (χ4v) is 4.27. The van der Waals surface area contributed by atoms with Crippen LogP contribution in [0.1, 0.15) is 22.9 Å². The van der Waals surface area contributed by atoms with Gasteiger partial charge in [0, 0.05) is 36.3 Å².